The summed E-state index contributed by atoms with van der Waals surface area (Å²) in [5.41, 5.74) is 4.20. The van der Waals surface area contributed by atoms with Gasteiger partial charge in [-0.3, -0.25) is 14.7 Å². The first-order valence-electron chi connectivity index (χ1n) is 8.12. The van der Waals surface area contributed by atoms with Gasteiger partial charge < -0.3 is 10.1 Å². The molecule has 0 saturated carbocycles. The summed E-state index contributed by atoms with van der Waals surface area (Å²) in [6.45, 7) is 6.61. The summed E-state index contributed by atoms with van der Waals surface area (Å²) < 4.78 is 5.41. The Labute approximate surface area is 146 Å². The summed E-state index contributed by atoms with van der Waals surface area (Å²) >= 11 is 1.81. The van der Waals surface area contributed by atoms with Crippen molar-refractivity contribution < 1.29 is 9.53 Å². The molecule has 0 radical (unpaired) electrons. The minimum atomic E-state index is 0.0365. The average Bonchev–Trinajstić information content (AvgIpc) is 3.02. The molecular formula is C18H23N3O2S. The van der Waals surface area contributed by atoms with Crippen LogP contribution in [0.25, 0.3) is 0 Å². The quantitative estimate of drug-likeness (QED) is 0.904. The lowest BCUT2D eigenvalue weighted by atomic mass is 10.1. The summed E-state index contributed by atoms with van der Waals surface area (Å²) in [5.74, 6) is 0.879. The van der Waals surface area contributed by atoms with Crippen LogP contribution in [-0.2, 0) is 24.3 Å². The molecule has 1 N–H and O–H groups in total. The summed E-state index contributed by atoms with van der Waals surface area (Å²) in [7, 11) is 1.66. The molecule has 5 nitrogen and oxygen atoms in total. The Morgan fingerprint density at radius 2 is 2.29 bits per heavy atom. The highest BCUT2D eigenvalue weighted by molar-refractivity contribution is 7.10. The minimum absolute atomic E-state index is 0.0365. The molecule has 128 valence electrons. The number of hydrogen-bond donors (Lipinski definition) is 1. The molecule has 0 unspecified atom stereocenters. The van der Waals surface area contributed by atoms with Gasteiger partial charge in [0.15, 0.2) is 0 Å². The zero-order chi connectivity index (χ0) is 17.1. The molecule has 0 bridgehead atoms. The summed E-state index contributed by atoms with van der Waals surface area (Å²) in [4.78, 5) is 20.3. The lowest BCUT2D eigenvalue weighted by Gasteiger charge is -2.26. The van der Waals surface area contributed by atoms with Crippen molar-refractivity contribution in [3.8, 4) is 5.75 Å². The number of methoxy groups -OCH3 is 1. The molecule has 0 atom stereocenters. The number of fused-ring (bicyclic) bond motifs is 1. The van der Waals surface area contributed by atoms with Gasteiger partial charge >= 0.3 is 0 Å². The van der Waals surface area contributed by atoms with Crippen molar-refractivity contribution >= 4 is 17.2 Å². The van der Waals surface area contributed by atoms with Gasteiger partial charge in [0.1, 0.15) is 5.75 Å². The zero-order valence-corrected chi connectivity index (χ0v) is 15.2. The fourth-order valence-electron chi connectivity index (χ4n) is 3.13. The van der Waals surface area contributed by atoms with Crippen LogP contribution in [0.3, 0.4) is 0 Å². The highest BCUT2D eigenvalue weighted by Crippen LogP contribution is 2.24. The Kier molecular flexibility index (Phi) is 5.16. The largest absolute Gasteiger partial charge is 0.496 e. The molecule has 1 aliphatic heterocycles. The monoisotopic (exact) mass is 345 g/mol. The van der Waals surface area contributed by atoms with Crippen LogP contribution in [0.4, 0.5) is 0 Å². The number of aromatic nitrogens is 1. The van der Waals surface area contributed by atoms with Gasteiger partial charge in [-0.2, -0.15) is 0 Å². The van der Waals surface area contributed by atoms with E-state index in [1.165, 1.54) is 10.4 Å². The Bertz CT molecular complexity index is 742. The fourth-order valence-corrected chi connectivity index (χ4v) is 4.02. The van der Waals surface area contributed by atoms with Crippen molar-refractivity contribution in [2.45, 2.75) is 33.4 Å². The van der Waals surface area contributed by atoms with Crippen LogP contribution in [0, 0.1) is 13.8 Å². The fraction of sp³-hybridized carbons (Fsp3) is 0.444. The Balaban J connectivity index is 1.55. The van der Waals surface area contributed by atoms with Gasteiger partial charge in [0, 0.05) is 35.3 Å². The van der Waals surface area contributed by atoms with Crippen LogP contribution in [-0.4, -0.2) is 36.0 Å². The van der Waals surface area contributed by atoms with E-state index in [1.54, 1.807) is 13.3 Å². The first-order valence-corrected chi connectivity index (χ1v) is 8.99. The number of aryl methyl sites for hydroxylation is 1. The van der Waals surface area contributed by atoms with Gasteiger partial charge in [-0.1, -0.05) is 0 Å². The SMILES string of the molecule is COc1c(C)cnc(CNC(=O)CN2CCc3sccc3C2)c1C. The van der Waals surface area contributed by atoms with Crippen molar-refractivity contribution in [2.75, 3.05) is 20.2 Å². The number of carbonyl (C=O) groups excluding carboxylic acids is 1. The highest BCUT2D eigenvalue weighted by atomic mass is 32.1. The number of nitrogens with one attached hydrogen (secondary N) is 1. The number of pyridine rings is 1. The van der Waals surface area contributed by atoms with Gasteiger partial charge in [0.05, 0.1) is 25.9 Å². The lowest BCUT2D eigenvalue weighted by Crippen LogP contribution is -2.39. The normalized spacial score (nSPS) is 14.3. The molecule has 0 saturated heterocycles. The van der Waals surface area contributed by atoms with Crippen LogP contribution in [0.5, 0.6) is 5.75 Å². The number of ether oxygens (including phenoxy) is 1. The predicted molar refractivity (Wildman–Crippen MR) is 95.4 cm³/mol. The second-order valence-electron chi connectivity index (χ2n) is 6.15. The summed E-state index contributed by atoms with van der Waals surface area (Å²) in [6, 6.07) is 2.16. The first kappa shape index (κ1) is 16.9. The lowest BCUT2D eigenvalue weighted by molar-refractivity contribution is -0.122. The molecule has 24 heavy (non-hydrogen) atoms. The summed E-state index contributed by atoms with van der Waals surface area (Å²) in [6.07, 6.45) is 2.83. The van der Waals surface area contributed by atoms with Crippen molar-refractivity contribution in [3.05, 3.63) is 44.9 Å². The molecule has 0 aromatic carbocycles. The molecule has 0 aliphatic carbocycles. The van der Waals surface area contributed by atoms with Gasteiger partial charge in [-0.25, -0.2) is 0 Å². The number of thiophene rings is 1. The molecule has 6 heteroatoms. The minimum Gasteiger partial charge on any atom is -0.496 e. The maximum Gasteiger partial charge on any atom is 0.234 e. The van der Waals surface area contributed by atoms with Crippen LogP contribution < -0.4 is 10.1 Å². The third-order valence-corrected chi connectivity index (χ3v) is 5.48. The van der Waals surface area contributed by atoms with Crippen molar-refractivity contribution in [1.29, 1.82) is 0 Å². The standard InChI is InChI=1S/C18H23N3O2S/c1-12-8-19-15(13(2)18(12)23-3)9-20-17(22)11-21-6-4-16-14(10-21)5-7-24-16/h5,7-8H,4,6,9-11H2,1-3H3,(H,20,22). The van der Waals surface area contributed by atoms with Gasteiger partial charge in [-0.05, 0) is 37.3 Å². The third-order valence-electron chi connectivity index (χ3n) is 4.46. The van der Waals surface area contributed by atoms with Crippen molar-refractivity contribution in [3.63, 3.8) is 0 Å². The van der Waals surface area contributed by atoms with Crippen molar-refractivity contribution in [1.82, 2.24) is 15.2 Å². The van der Waals surface area contributed by atoms with E-state index in [0.717, 1.165) is 42.1 Å². The number of nitrogens with zero attached hydrogens (tertiary/aromatic N) is 2. The average molecular weight is 345 g/mol. The maximum atomic E-state index is 12.3. The molecule has 3 rings (SSSR count). The van der Waals surface area contributed by atoms with Crippen molar-refractivity contribution in [2.24, 2.45) is 0 Å². The molecule has 3 heterocycles. The van der Waals surface area contributed by atoms with Gasteiger partial charge in [-0.15, -0.1) is 11.3 Å². The number of hydrogen-bond acceptors (Lipinski definition) is 5. The van der Waals surface area contributed by atoms with E-state index in [2.05, 4.69) is 26.6 Å². The highest BCUT2D eigenvalue weighted by Gasteiger charge is 2.19. The van der Waals surface area contributed by atoms with E-state index in [1.807, 2.05) is 25.2 Å². The molecule has 2 aromatic rings. The number of carbonyl (C=O) groups is 1. The zero-order valence-electron chi connectivity index (χ0n) is 14.4. The predicted octanol–water partition coefficient (Wildman–Crippen LogP) is 2.44. The van der Waals surface area contributed by atoms with Crippen LogP contribution >= 0.6 is 11.3 Å². The summed E-state index contributed by atoms with van der Waals surface area (Å²) in [5, 5.41) is 5.11. The van der Waals surface area contributed by atoms with E-state index in [9.17, 15) is 4.79 Å². The number of amides is 1. The molecule has 1 aliphatic rings. The molecule has 1 amide bonds. The Morgan fingerprint density at radius 3 is 3.08 bits per heavy atom. The van der Waals surface area contributed by atoms with Gasteiger partial charge in [0.25, 0.3) is 0 Å². The second kappa shape index (κ2) is 7.32. The Hall–Kier alpha value is -1.92. The topological polar surface area (TPSA) is 54.5 Å². The van der Waals surface area contributed by atoms with E-state index >= 15 is 0 Å². The van der Waals surface area contributed by atoms with Crippen LogP contribution in [0.1, 0.15) is 27.3 Å². The van der Waals surface area contributed by atoms with E-state index < -0.39 is 0 Å². The van der Waals surface area contributed by atoms with Gasteiger partial charge in [0.2, 0.25) is 5.91 Å². The molecule has 0 spiro atoms. The van der Waals surface area contributed by atoms with E-state index in [4.69, 9.17) is 4.74 Å². The molecule has 0 fully saturated rings. The van der Waals surface area contributed by atoms with Crippen LogP contribution in [0.15, 0.2) is 17.6 Å². The van der Waals surface area contributed by atoms with E-state index in [0.29, 0.717) is 13.1 Å². The molecular weight excluding hydrogens is 322 g/mol. The second-order valence-corrected chi connectivity index (χ2v) is 7.15. The smallest absolute Gasteiger partial charge is 0.234 e. The maximum absolute atomic E-state index is 12.3. The number of rotatable bonds is 5. The Morgan fingerprint density at radius 1 is 1.46 bits per heavy atom. The third kappa shape index (κ3) is 3.60. The first-order chi connectivity index (χ1) is 11.6. The van der Waals surface area contributed by atoms with E-state index in [-0.39, 0.29) is 5.91 Å². The van der Waals surface area contributed by atoms with Crippen LogP contribution in [0.2, 0.25) is 0 Å². The molecule has 2 aromatic heterocycles.